The summed E-state index contributed by atoms with van der Waals surface area (Å²) in [4.78, 5) is 13.0. The average molecular weight is 386 g/mol. The highest BCUT2D eigenvalue weighted by Gasteiger charge is 2.30. The van der Waals surface area contributed by atoms with Crippen LogP contribution in [0.5, 0.6) is 0 Å². The zero-order valence-corrected chi connectivity index (χ0v) is 16.2. The molecule has 4 nitrogen and oxygen atoms in total. The fourth-order valence-corrected chi connectivity index (χ4v) is 3.40. The molecule has 0 saturated heterocycles. The first-order valence-electron chi connectivity index (χ1n) is 8.42. The normalized spacial score (nSPS) is 16.7. The van der Waals surface area contributed by atoms with Gasteiger partial charge in [0.05, 0.1) is 22.3 Å². The van der Waals surface area contributed by atoms with Crippen molar-refractivity contribution in [1.82, 2.24) is 10.6 Å². The molecule has 2 aromatic rings. The first kappa shape index (κ1) is 18.4. The van der Waals surface area contributed by atoms with E-state index in [9.17, 15) is 4.79 Å². The van der Waals surface area contributed by atoms with Crippen molar-refractivity contribution < 1.29 is 4.79 Å². The van der Waals surface area contributed by atoms with Gasteiger partial charge in [0.2, 0.25) is 0 Å². The minimum Gasteiger partial charge on any atom is -0.351 e. The van der Waals surface area contributed by atoms with E-state index in [1.165, 1.54) is 5.56 Å². The predicted octanol–water partition coefficient (Wildman–Crippen LogP) is 4.33. The molecule has 0 aliphatic carbocycles. The molecule has 0 saturated carbocycles. The summed E-state index contributed by atoms with van der Waals surface area (Å²) in [7, 11) is 0. The molecule has 1 unspecified atom stereocenters. The molecular formula is C20H20ClN3OS. The van der Waals surface area contributed by atoms with Gasteiger partial charge in [0, 0.05) is 5.70 Å². The van der Waals surface area contributed by atoms with E-state index in [0.29, 0.717) is 21.4 Å². The lowest BCUT2D eigenvalue weighted by Crippen LogP contribution is -2.45. The van der Waals surface area contributed by atoms with Gasteiger partial charge in [-0.2, -0.15) is 0 Å². The summed E-state index contributed by atoms with van der Waals surface area (Å²) in [5, 5.41) is 10.1. The number of amides is 1. The van der Waals surface area contributed by atoms with Gasteiger partial charge in [-0.3, -0.25) is 4.79 Å². The summed E-state index contributed by atoms with van der Waals surface area (Å²) in [6.45, 7) is 3.96. The summed E-state index contributed by atoms with van der Waals surface area (Å²) in [6, 6.07) is 15.0. The standard InChI is InChI=1S/C20H20ClN3OS/c1-3-13-8-10-14(11-9-13)18-17(12(2)22-20(26)24-18)19(25)23-16-7-5-4-6-15(16)21/h4-11,18H,3H2,1-2H3,(H,23,25)(H2,22,24,26). The molecule has 3 rings (SSSR count). The van der Waals surface area contributed by atoms with E-state index < -0.39 is 0 Å². The summed E-state index contributed by atoms with van der Waals surface area (Å²) < 4.78 is 0. The Labute approximate surface area is 163 Å². The van der Waals surface area contributed by atoms with E-state index in [1.54, 1.807) is 12.1 Å². The maximum Gasteiger partial charge on any atom is 0.255 e. The number of hydrogen-bond donors (Lipinski definition) is 3. The van der Waals surface area contributed by atoms with Crippen molar-refractivity contribution in [3.8, 4) is 0 Å². The minimum atomic E-state index is -0.322. The molecule has 1 atom stereocenters. The van der Waals surface area contributed by atoms with Gasteiger partial charge in [0.25, 0.3) is 5.91 Å². The van der Waals surface area contributed by atoms with Crippen molar-refractivity contribution in [3.05, 3.63) is 76.0 Å². The third-order valence-corrected chi connectivity index (χ3v) is 4.91. The number of aryl methyl sites for hydroxylation is 1. The summed E-state index contributed by atoms with van der Waals surface area (Å²) >= 11 is 11.5. The average Bonchev–Trinajstić information content (AvgIpc) is 2.63. The number of nitrogens with one attached hydrogen (secondary N) is 3. The Morgan fingerprint density at radius 2 is 1.88 bits per heavy atom. The molecule has 1 aliphatic heterocycles. The third-order valence-electron chi connectivity index (χ3n) is 4.36. The number of rotatable bonds is 4. The molecule has 0 spiro atoms. The summed E-state index contributed by atoms with van der Waals surface area (Å²) in [5.74, 6) is -0.220. The number of anilines is 1. The van der Waals surface area contributed by atoms with Crippen LogP contribution >= 0.6 is 23.8 Å². The highest BCUT2D eigenvalue weighted by atomic mass is 35.5. The fraction of sp³-hybridized carbons (Fsp3) is 0.200. The maximum atomic E-state index is 13.0. The number of thiocarbonyl (C=S) groups is 1. The number of para-hydroxylation sites is 1. The Balaban J connectivity index is 1.94. The molecule has 1 aliphatic rings. The van der Waals surface area contributed by atoms with Crippen molar-refractivity contribution in [1.29, 1.82) is 0 Å². The number of halogens is 1. The molecule has 0 radical (unpaired) electrons. The lowest BCUT2D eigenvalue weighted by atomic mass is 9.94. The molecule has 1 heterocycles. The van der Waals surface area contributed by atoms with Crippen LogP contribution in [0.3, 0.4) is 0 Å². The summed E-state index contributed by atoms with van der Waals surface area (Å²) in [6.07, 6.45) is 0.965. The van der Waals surface area contributed by atoms with Gasteiger partial charge in [-0.15, -0.1) is 0 Å². The highest BCUT2D eigenvalue weighted by molar-refractivity contribution is 7.80. The Hall–Kier alpha value is -2.37. The van der Waals surface area contributed by atoms with E-state index in [-0.39, 0.29) is 11.9 Å². The van der Waals surface area contributed by atoms with Crippen molar-refractivity contribution in [2.75, 3.05) is 5.32 Å². The zero-order valence-electron chi connectivity index (χ0n) is 14.6. The van der Waals surface area contributed by atoms with Gasteiger partial charge in [-0.05, 0) is 48.8 Å². The lowest BCUT2D eigenvalue weighted by molar-refractivity contribution is -0.113. The Morgan fingerprint density at radius 3 is 2.54 bits per heavy atom. The highest BCUT2D eigenvalue weighted by Crippen LogP contribution is 2.29. The third kappa shape index (κ3) is 3.89. The molecule has 0 bridgehead atoms. The van der Waals surface area contributed by atoms with Gasteiger partial charge in [-0.1, -0.05) is 54.9 Å². The molecule has 0 fully saturated rings. The van der Waals surface area contributed by atoms with Crippen LogP contribution in [0.1, 0.15) is 31.0 Å². The zero-order chi connectivity index (χ0) is 18.7. The second-order valence-corrected chi connectivity index (χ2v) is 6.91. The largest absolute Gasteiger partial charge is 0.351 e. The maximum absolute atomic E-state index is 13.0. The first-order chi connectivity index (χ1) is 12.5. The van der Waals surface area contributed by atoms with E-state index >= 15 is 0 Å². The Morgan fingerprint density at radius 1 is 1.19 bits per heavy atom. The van der Waals surface area contributed by atoms with Gasteiger partial charge < -0.3 is 16.0 Å². The van der Waals surface area contributed by atoms with Crippen LogP contribution in [0, 0.1) is 0 Å². The number of carbonyl (C=O) groups excluding carboxylic acids is 1. The van der Waals surface area contributed by atoms with Gasteiger partial charge in [0.15, 0.2) is 5.11 Å². The SMILES string of the molecule is CCc1ccc(C2NC(=S)NC(C)=C2C(=O)Nc2ccccc2Cl)cc1. The van der Waals surface area contributed by atoms with Crippen LogP contribution < -0.4 is 16.0 Å². The topological polar surface area (TPSA) is 53.2 Å². The molecule has 3 N–H and O–H groups in total. The van der Waals surface area contributed by atoms with Crippen LogP contribution in [0.15, 0.2) is 59.8 Å². The van der Waals surface area contributed by atoms with Gasteiger partial charge in [-0.25, -0.2) is 0 Å². The monoisotopic (exact) mass is 385 g/mol. The number of hydrogen-bond acceptors (Lipinski definition) is 2. The van der Waals surface area contributed by atoms with Crippen LogP contribution in [0.2, 0.25) is 5.02 Å². The smallest absolute Gasteiger partial charge is 0.255 e. The van der Waals surface area contributed by atoms with Crippen LogP contribution in [-0.4, -0.2) is 11.0 Å². The van der Waals surface area contributed by atoms with E-state index in [2.05, 4.69) is 35.0 Å². The molecule has 2 aromatic carbocycles. The van der Waals surface area contributed by atoms with Crippen LogP contribution in [0.25, 0.3) is 0 Å². The van der Waals surface area contributed by atoms with Crippen LogP contribution in [0.4, 0.5) is 5.69 Å². The fourth-order valence-electron chi connectivity index (χ4n) is 2.94. The van der Waals surface area contributed by atoms with Gasteiger partial charge in [0.1, 0.15) is 0 Å². The predicted molar refractivity (Wildman–Crippen MR) is 110 cm³/mol. The van der Waals surface area contributed by atoms with Crippen LogP contribution in [-0.2, 0) is 11.2 Å². The molecule has 0 aromatic heterocycles. The quantitative estimate of drug-likeness (QED) is 0.685. The second kappa shape index (κ2) is 7.89. The Kier molecular flexibility index (Phi) is 5.59. The Bertz CT molecular complexity index is 877. The molecular weight excluding hydrogens is 366 g/mol. The lowest BCUT2D eigenvalue weighted by Gasteiger charge is -2.30. The summed E-state index contributed by atoms with van der Waals surface area (Å²) in [5.41, 5.74) is 4.11. The number of carbonyl (C=O) groups is 1. The van der Waals surface area contributed by atoms with Crippen molar-refractivity contribution in [2.24, 2.45) is 0 Å². The molecule has 134 valence electrons. The number of benzene rings is 2. The van der Waals surface area contributed by atoms with Crippen molar-refractivity contribution in [3.63, 3.8) is 0 Å². The second-order valence-electron chi connectivity index (χ2n) is 6.10. The van der Waals surface area contributed by atoms with E-state index in [1.807, 2.05) is 31.2 Å². The minimum absolute atomic E-state index is 0.220. The first-order valence-corrected chi connectivity index (χ1v) is 9.21. The number of allylic oxidation sites excluding steroid dienone is 1. The molecule has 1 amide bonds. The van der Waals surface area contributed by atoms with E-state index in [0.717, 1.165) is 17.7 Å². The van der Waals surface area contributed by atoms with Gasteiger partial charge >= 0.3 is 0 Å². The van der Waals surface area contributed by atoms with Crippen molar-refractivity contribution in [2.45, 2.75) is 26.3 Å². The van der Waals surface area contributed by atoms with Crippen molar-refractivity contribution >= 4 is 40.5 Å². The molecule has 6 heteroatoms. The molecule has 26 heavy (non-hydrogen) atoms. The van der Waals surface area contributed by atoms with E-state index in [4.69, 9.17) is 23.8 Å².